The summed E-state index contributed by atoms with van der Waals surface area (Å²) in [6.07, 6.45) is 4.98. The number of rotatable bonds is 7. The van der Waals surface area contributed by atoms with Crippen molar-refractivity contribution in [2.45, 2.75) is 32.2 Å². The molecule has 0 rings (SSSR count). The first-order valence-corrected chi connectivity index (χ1v) is 5.80. The van der Waals surface area contributed by atoms with Gasteiger partial charge in [-0.25, -0.2) is 0 Å². The first-order valence-electron chi connectivity index (χ1n) is 4.40. The summed E-state index contributed by atoms with van der Waals surface area (Å²) < 4.78 is 0. The lowest BCUT2D eigenvalue weighted by Gasteiger charge is -2.11. The van der Waals surface area contributed by atoms with Gasteiger partial charge >= 0.3 is 0 Å². The van der Waals surface area contributed by atoms with Gasteiger partial charge in [0.2, 0.25) is 0 Å². The molecule has 0 heterocycles. The van der Waals surface area contributed by atoms with Gasteiger partial charge in [-0.05, 0) is 38.3 Å². The highest BCUT2D eigenvalue weighted by atomic mass is 32.2. The second-order valence-electron chi connectivity index (χ2n) is 2.90. The minimum atomic E-state index is 0.594. The Morgan fingerprint density at radius 1 is 1.58 bits per heavy atom. The third-order valence-electron chi connectivity index (χ3n) is 1.71. The molecule has 0 radical (unpaired) electrons. The topological polar surface area (TPSA) is 35.8 Å². The van der Waals surface area contributed by atoms with Crippen molar-refractivity contribution < 1.29 is 0 Å². The van der Waals surface area contributed by atoms with Gasteiger partial charge in [0.1, 0.15) is 0 Å². The lowest BCUT2D eigenvalue weighted by molar-refractivity contribution is 0.530. The van der Waals surface area contributed by atoms with Crippen LogP contribution in [0.1, 0.15) is 26.2 Å². The Morgan fingerprint density at radius 3 is 2.92 bits per heavy atom. The standard InChI is InChI=1S/C9H18N2S/c1-9(5-8-12-2)11-7-4-3-6-10/h9,11H,3-5,7-8H2,1-2H3. The highest BCUT2D eigenvalue weighted by Gasteiger charge is 1.98. The van der Waals surface area contributed by atoms with Gasteiger partial charge in [-0.1, -0.05) is 0 Å². The second-order valence-corrected chi connectivity index (χ2v) is 3.88. The number of hydrogen-bond donors (Lipinski definition) is 1. The largest absolute Gasteiger partial charge is 0.314 e. The molecule has 0 saturated heterocycles. The Bertz CT molecular complexity index is 131. The SMILES string of the molecule is CSCCC(C)NCCCC#N. The van der Waals surface area contributed by atoms with E-state index in [1.165, 1.54) is 12.2 Å². The number of thioether (sulfide) groups is 1. The molecular weight excluding hydrogens is 168 g/mol. The fourth-order valence-corrected chi connectivity index (χ4v) is 1.50. The minimum Gasteiger partial charge on any atom is -0.314 e. The first kappa shape index (κ1) is 11.8. The molecular formula is C9H18N2S. The summed E-state index contributed by atoms with van der Waals surface area (Å²) in [5.74, 6) is 1.21. The van der Waals surface area contributed by atoms with Crippen molar-refractivity contribution >= 4 is 11.8 Å². The van der Waals surface area contributed by atoms with E-state index in [0.29, 0.717) is 12.5 Å². The Morgan fingerprint density at radius 2 is 2.33 bits per heavy atom. The van der Waals surface area contributed by atoms with Crippen LogP contribution in [0.4, 0.5) is 0 Å². The third kappa shape index (κ3) is 7.90. The molecule has 0 spiro atoms. The van der Waals surface area contributed by atoms with Crippen molar-refractivity contribution in [2.24, 2.45) is 0 Å². The zero-order chi connectivity index (χ0) is 9.23. The summed E-state index contributed by atoms with van der Waals surface area (Å²) in [5.41, 5.74) is 0. The molecule has 0 aromatic rings. The molecule has 0 aliphatic heterocycles. The van der Waals surface area contributed by atoms with Gasteiger partial charge in [0.05, 0.1) is 6.07 Å². The Labute approximate surface area is 79.7 Å². The molecule has 1 N–H and O–H groups in total. The van der Waals surface area contributed by atoms with E-state index in [2.05, 4.69) is 24.6 Å². The normalized spacial score (nSPS) is 12.4. The van der Waals surface area contributed by atoms with Gasteiger partial charge in [0.25, 0.3) is 0 Å². The van der Waals surface area contributed by atoms with Crippen LogP contribution in [0.5, 0.6) is 0 Å². The van der Waals surface area contributed by atoms with Gasteiger partial charge < -0.3 is 5.32 Å². The average Bonchev–Trinajstić information content (AvgIpc) is 2.09. The maximum atomic E-state index is 8.29. The minimum absolute atomic E-state index is 0.594. The van der Waals surface area contributed by atoms with Gasteiger partial charge in [0, 0.05) is 12.5 Å². The van der Waals surface area contributed by atoms with Crippen molar-refractivity contribution in [3.05, 3.63) is 0 Å². The first-order chi connectivity index (χ1) is 5.81. The van der Waals surface area contributed by atoms with E-state index in [0.717, 1.165) is 13.0 Å². The van der Waals surface area contributed by atoms with Crippen LogP contribution in [0.25, 0.3) is 0 Å². The Kier molecular flexibility index (Phi) is 8.74. The van der Waals surface area contributed by atoms with E-state index in [9.17, 15) is 0 Å². The smallest absolute Gasteiger partial charge is 0.0622 e. The molecule has 1 atom stereocenters. The molecule has 0 aromatic carbocycles. The predicted molar refractivity (Wildman–Crippen MR) is 55.3 cm³/mol. The molecule has 70 valence electrons. The second kappa shape index (κ2) is 8.89. The molecule has 0 fully saturated rings. The maximum absolute atomic E-state index is 8.29. The van der Waals surface area contributed by atoms with E-state index in [-0.39, 0.29) is 0 Å². The number of nitriles is 1. The summed E-state index contributed by atoms with van der Waals surface area (Å²) in [6, 6.07) is 2.73. The number of unbranched alkanes of at least 4 members (excludes halogenated alkanes) is 1. The lowest BCUT2D eigenvalue weighted by Crippen LogP contribution is -2.27. The van der Waals surface area contributed by atoms with Crippen LogP contribution in [-0.4, -0.2) is 24.6 Å². The van der Waals surface area contributed by atoms with Crippen LogP contribution in [0.2, 0.25) is 0 Å². The lowest BCUT2D eigenvalue weighted by atomic mass is 10.2. The molecule has 0 bridgehead atoms. The van der Waals surface area contributed by atoms with E-state index in [4.69, 9.17) is 5.26 Å². The molecule has 1 unspecified atom stereocenters. The maximum Gasteiger partial charge on any atom is 0.0622 e. The van der Waals surface area contributed by atoms with Crippen LogP contribution < -0.4 is 5.32 Å². The number of nitrogens with zero attached hydrogens (tertiary/aromatic N) is 1. The van der Waals surface area contributed by atoms with Crippen LogP contribution in [0, 0.1) is 11.3 Å². The predicted octanol–water partition coefficient (Wildman–Crippen LogP) is 2.02. The summed E-state index contributed by atoms with van der Waals surface area (Å²) in [6.45, 7) is 3.17. The van der Waals surface area contributed by atoms with E-state index < -0.39 is 0 Å². The van der Waals surface area contributed by atoms with Crippen LogP contribution in [0.3, 0.4) is 0 Å². The number of nitrogens with one attached hydrogen (secondary N) is 1. The molecule has 0 aliphatic rings. The van der Waals surface area contributed by atoms with Gasteiger partial charge in [-0.3, -0.25) is 0 Å². The fourth-order valence-electron chi connectivity index (χ4n) is 0.913. The van der Waals surface area contributed by atoms with Crippen molar-refractivity contribution in [2.75, 3.05) is 18.6 Å². The number of hydrogen-bond acceptors (Lipinski definition) is 3. The van der Waals surface area contributed by atoms with Crippen molar-refractivity contribution in [1.82, 2.24) is 5.32 Å². The van der Waals surface area contributed by atoms with E-state index in [1.807, 2.05) is 11.8 Å². The van der Waals surface area contributed by atoms with Crippen LogP contribution in [0.15, 0.2) is 0 Å². The average molecular weight is 186 g/mol. The van der Waals surface area contributed by atoms with E-state index >= 15 is 0 Å². The van der Waals surface area contributed by atoms with E-state index in [1.54, 1.807) is 0 Å². The third-order valence-corrected chi connectivity index (χ3v) is 2.36. The van der Waals surface area contributed by atoms with Gasteiger partial charge in [-0.2, -0.15) is 17.0 Å². The molecule has 0 aromatic heterocycles. The van der Waals surface area contributed by atoms with Crippen molar-refractivity contribution in [3.8, 4) is 6.07 Å². The zero-order valence-corrected chi connectivity index (χ0v) is 8.78. The van der Waals surface area contributed by atoms with Crippen molar-refractivity contribution in [3.63, 3.8) is 0 Å². The Hall–Kier alpha value is -0.200. The quantitative estimate of drug-likeness (QED) is 0.618. The monoisotopic (exact) mass is 186 g/mol. The van der Waals surface area contributed by atoms with Gasteiger partial charge in [0.15, 0.2) is 0 Å². The molecule has 3 heteroatoms. The highest BCUT2D eigenvalue weighted by molar-refractivity contribution is 7.98. The Balaban J connectivity index is 3.09. The zero-order valence-electron chi connectivity index (χ0n) is 7.97. The van der Waals surface area contributed by atoms with Crippen LogP contribution in [-0.2, 0) is 0 Å². The summed E-state index contributed by atoms with van der Waals surface area (Å²) in [4.78, 5) is 0. The summed E-state index contributed by atoms with van der Waals surface area (Å²) in [7, 11) is 0. The molecule has 2 nitrogen and oxygen atoms in total. The molecule has 12 heavy (non-hydrogen) atoms. The summed E-state index contributed by atoms with van der Waals surface area (Å²) in [5, 5.41) is 11.7. The summed E-state index contributed by atoms with van der Waals surface area (Å²) >= 11 is 1.88. The fraction of sp³-hybridized carbons (Fsp3) is 0.889. The molecule has 0 aliphatic carbocycles. The highest BCUT2D eigenvalue weighted by Crippen LogP contribution is 1.99. The molecule has 0 saturated carbocycles. The van der Waals surface area contributed by atoms with Crippen LogP contribution >= 0.6 is 11.8 Å². The van der Waals surface area contributed by atoms with Gasteiger partial charge in [-0.15, -0.1) is 0 Å². The van der Waals surface area contributed by atoms with Crippen molar-refractivity contribution in [1.29, 1.82) is 5.26 Å². The molecule has 0 amide bonds.